The van der Waals surface area contributed by atoms with Crippen LogP contribution in [0.1, 0.15) is 25.3 Å². The van der Waals surface area contributed by atoms with Gasteiger partial charge in [-0.3, -0.25) is 0 Å². The summed E-state index contributed by atoms with van der Waals surface area (Å²) in [6.45, 7) is 4.30. The van der Waals surface area contributed by atoms with Gasteiger partial charge in [0.2, 0.25) is 0 Å². The molecule has 1 rings (SSSR count). The lowest BCUT2D eigenvalue weighted by molar-refractivity contribution is 0.199. The molecule has 0 spiro atoms. The monoisotopic (exact) mass is 271 g/mol. The van der Waals surface area contributed by atoms with Crippen molar-refractivity contribution in [1.29, 1.82) is 0 Å². The SMILES string of the molecule is CCCCSc1c(F)cccc1CNCCOC. The summed E-state index contributed by atoms with van der Waals surface area (Å²) < 4.78 is 18.8. The standard InChI is InChI=1S/C14H22FNOS/c1-3-4-10-18-14-12(6-5-7-13(14)15)11-16-8-9-17-2/h5-7,16H,3-4,8-11H2,1-2H3. The largest absolute Gasteiger partial charge is 0.383 e. The molecule has 0 unspecified atom stereocenters. The van der Waals surface area contributed by atoms with Crippen LogP contribution in [-0.2, 0) is 11.3 Å². The van der Waals surface area contributed by atoms with E-state index in [1.54, 1.807) is 24.9 Å². The molecule has 0 fully saturated rings. The minimum absolute atomic E-state index is 0.109. The van der Waals surface area contributed by atoms with Gasteiger partial charge in [-0.15, -0.1) is 11.8 Å². The van der Waals surface area contributed by atoms with Crippen LogP contribution in [0.5, 0.6) is 0 Å². The van der Waals surface area contributed by atoms with Crippen LogP contribution in [0.3, 0.4) is 0 Å². The van der Waals surface area contributed by atoms with Gasteiger partial charge in [0, 0.05) is 25.1 Å². The number of unbranched alkanes of at least 4 members (excludes halogenated alkanes) is 1. The second-order valence-corrected chi connectivity index (χ2v) is 5.20. The Kier molecular flexibility index (Phi) is 8.05. The number of hydrogen-bond donors (Lipinski definition) is 1. The van der Waals surface area contributed by atoms with E-state index in [1.165, 1.54) is 6.07 Å². The van der Waals surface area contributed by atoms with Crippen LogP contribution in [0.2, 0.25) is 0 Å². The molecule has 0 saturated heterocycles. The molecule has 0 amide bonds. The maximum absolute atomic E-state index is 13.8. The van der Waals surface area contributed by atoms with Crippen molar-refractivity contribution < 1.29 is 9.13 Å². The summed E-state index contributed by atoms with van der Waals surface area (Å²) in [7, 11) is 1.68. The molecule has 4 heteroatoms. The fourth-order valence-electron chi connectivity index (χ4n) is 1.57. The Morgan fingerprint density at radius 2 is 2.22 bits per heavy atom. The van der Waals surface area contributed by atoms with E-state index in [2.05, 4.69) is 12.2 Å². The van der Waals surface area contributed by atoms with Crippen molar-refractivity contribution in [3.8, 4) is 0 Å². The van der Waals surface area contributed by atoms with Crippen LogP contribution < -0.4 is 5.32 Å². The average Bonchev–Trinajstić information content (AvgIpc) is 2.37. The number of thioether (sulfide) groups is 1. The lowest BCUT2D eigenvalue weighted by atomic mass is 10.2. The summed E-state index contributed by atoms with van der Waals surface area (Å²) in [6, 6.07) is 5.29. The highest BCUT2D eigenvalue weighted by Gasteiger charge is 2.08. The molecule has 1 aromatic rings. The highest BCUT2D eigenvalue weighted by molar-refractivity contribution is 7.99. The van der Waals surface area contributed by atoms with Crippen LogP contribution in [-0.4, -0.2) is 26.0 Å². The van der Waals surface area contributed by atoms with Crippen LogP contribution in [0.15, 0.2) is 23.1 Å². The van der Waals surface area contributed by atoms with Crippen molar-refractivity contribution in [2.45, 2.75) is 31.2 Å². The maximum Gasteiger partial charge on any atom is 0.137 e. The van der Waals surface area contributed by atoms with E-state index in [1.807, 2.05) is 6.07 Å². The number of hydrogen-bond acceptors (Lipinski definition) is 3. The van der Waals surface area contributed by atoms with Crippen LogP contribution >= 0.6 is 11.8 Å². The molecule has 1 N–H and O–H groups in total. The first-order chi connectivity index (χ1) is 8.79. The summed E-state index contributed by atoms with van der Waals surface area (Å²) >= 11 is 1.62. The van der Waals surface area contributed by atoms with Crippen LogP contribution in [0.25, 0.3) is 0 Å². The van der Waals surface area contributed by atoms with Gasteiger partial charge >= 0.3 is 0 Å². The van der Waals surface area contributed by atoms with E-state index in [0.29, 0.717) is 13.2 Å². The lowest BCUT2D eigenvalue weighted by Gasteiger charge is -2.11. The Hall–Kier alpha value is -0.580. The zero-order valence-corrected chi connectivity index (χ0v) is 12.0. The molecule has 0 atom stereocenters. The molecule has 0 bridgehead atoms. The summed E-state index contributed by atoms with van der Waals surface area (Å²) in [5.41, 5.74) is 1.03. The van der Waals surface area contributed by atoms with E-state index in [0.717, 1.165) is 35.6 Å². The van der Waals surface area contributed by atoms with Gasteiger partial charge in [0.25, 0.3) is 0 Å². The van der Waals surface area contributed by atoms with Crippen molar-refractivity contribution in [3.05, 3.63) is 29.6 Å². The number of methoxy groups -OCH3 is 1. The number of ether oxygens (including phenoxy) is 1. The second kappa shape index (κ2) is 9.36. The quantitative estimate of drug-likeness (QED) is 0.549. The van der Waals surface area contributed by atoms with Crippen molar-refractivity contribution >= 4 is 11.8 Å². The summed E-state index contributed by atoms with van der Waals surface area (Å²) in [5, 5.41) is 3.26. The topological polar surface area (TPSA) is 21.3 Å². The van der Waals surface area contributed by atoms with Crippen LogP contribution in [0.4, 0.5) is 4.39 Å². The third-order valence-corrected chi connectivity index (χ3v) is 3.83. The first-order valence-electron chi connectivity index (χ1n) is 6.39. The molecule has 0 aliphatic rings. The lowest BCUT2D eigenvalue weighted by Crippen LogP contribution is -2.19. The Morgan fingerprint density at radius 1 is 1.39 bits per heavy atom. The summed E-state index contributed by atoms with van der Waals surface area (Å²) in [4.78, 5) is 0.788. The van der Waals surface area contributed by atoms with E-state index >= 15 is 0 Å². The molecule has 102 valence electrons. The third-order valence-electron chi connectivity index (χ3n) is 2.59. The normalized spacial score (nSPS) is 10.8. The molecule has 0 heterocycles. The summed E-state index contributed by atoms with van der Waals surface area (Å²) in [6.07, 6.45) is 2.26. The smallest absolute Gasteiger partial charge is 0.137 e. The molecule has 18 heavy (non-hydrogen) atoms. The van der Waals surface area contributed by atoms with Gasteiger partial charge in [0.05, 0.1) is 6.61 Å². The van der Waals surface area contributed by atoms with Gasteiger partial charge < -0.3 is 10.1 Å². The number of rotatable bonds is 9. The first-order valence-corrected chi connectivity index (χ1v) is 7.38. The van der Waals surface area contributed by atoms with Crippen molar-refractivity contribution in [2.24, 2.45) is 0 Å². The zero-order chi connectivity index (χ0) is 13.2. The van der Waals surface area contributed by atoms with Crippen molar-refractivity contribution in [1.82, 2.24) is 5.32 Å². The Labute approximate surface area is 113 Å². The maximum atomic E-state index is 13.8. The molecule has 1 aromatic carbocycles. The first kappa shape index (κ1) is 15.5. The molecule has 0 radical (unpaired) electrons. The third kappa shape index (κ3) is 5.38. The predicted molar refractivity (Wildman–Crippen MR) is 75.6 cm³/mol. The Bertz CT molecular complexity index is 347. The fourth-order valence-corrected chi connectivity index (χ4v) is 2.74. The van der Waals surface area contributed by atoms with E-state index in [4.69, 9.17) is 4.74 Å². The van der Waals surface area contributed by atoms with E-state index in [-0.39, 0.29) is 5.82 Å². The molecule has 0 aliphatic heterocycles. The average molecular weight is 271 g/mol. The molecule has 0 aliphatic carbocycles. The minimum atomic E-state index is -0.109. The number of nitrogens with one attached hydrogen (secondary N) is 1. The summed E-state index contributed by atoms with van der Waals surface area (Å²) in [5.74, 6) is 0.866. The predicted octanol–water partition coefficient (Wildman–Crippen LogP) is 3.45. The van der Waals surface area contributed by atoms with Crippen molar-refractivity contribution in [2.75, 3.05) is 26.0 Å². The van der Waals surface area contributed by atoms with E-state index < -0.39 is 0 Å². The highest BCUT2D eigenvalue weighted by atomic mass is 32.2. The van der Waals surface area contributed by atoms with E-state index in [9.17, 15) is 4.39 Å². The molecular formula is C14H22FNOS. The van der Waals surface area contributed by atoms with Gasteiger partial charge in [-0.2, -0.15) is 0 Å². The Balaban J connectivity index is 2.56. The minimum Gasteiger partial charge on any atom is -0.383 e. The number of benzene rings is 1. The van der Waals surface area contributed by atoms with Gasteiger partial charge in [-0.25, -0.2) is 4.39 Å². The zero-order valence-electron chi connectivity index (χ0n) is 11.2. The molecule has 2 nitrogen and oxygen atoms in total. The van der Waals surface area contributed by atoms with Gasteiger partial charge in [-0.05, 0) is 23.8 Å². The second-order valence-electron chi connectivity index (χ2n) is 4.10. The fraction of sp³-hybridized carbons (Fsp3) is 0.571. The van der Waals surface area contributed by atoms with Gasteiger partial charge in [0.1, 0.15) is 5.82 Å². The molecular weight excluding hydrogens is 249 g/mol. The number of halogens is 1. The molecule has 0 saturated carbocycles. The van der Waals surface area contributed by atoms with Crippen molar-refractivity contribution in [3.63, 3.8) is 0 Å². The van der Waals surface area contributed by atoms with Gasteiger partial charge in [0.15, 0.2) is 0 Å². The van der Waals surface area contributed by atoms with Gasteiger partial charge in [-0.1, -0.05) is 25.5 Å². The van der Waals surface area contributed by atoms with Crippen LogP contribution in [0, 0.1) is 5.82 Å². The Morgan fingerprint density at radius 3 is 2.94 bits per heavy atom. The highest BCUT2D eigenvalue weighted by Crippen LogP contribution is 2.26. The molecule has 0 aromatic heterocycles.